The quantitative estimate of drug-likeness (QED) is 0.356. The van der Waals surface area contributed by atoms with Gasteiger partial charge in [-0.05, 0) is 75.9 Å². The molecule has 2 aliphatic heterocycles. The summed E-state index contributed by atoms with van der Waals surface area (Å²) in [4.78, 5) is 38.4. The number of rotatable bonds is 6. The number of carbonyl (C=O) groups excluding carboxylic acids is 2. The highest BCUT2D eigenvalue weighted by atomic mass is 19.4. The van der Waals surface area contributed by atoms with Crippen LogP contribution in [0.5, 0.6) is 0 Å². The van der Waals surface area contributed by atoms with E-state index >= 15 is 0 Å². The van der Waals surface area contributed by atoms with Gasteiger partial charge in [-0.2, -0.15) is 13.2 Å². The molecule has 7 nitrogen and oxygen atoms in total. The van der Waals surface area contributed by atoms with Crippen molar-refractivity contribution in [2.75, 3.05) is 26.2 Å². The maximum atomic E-state index is 13.5. The summed E-state index contributed by atoms with van der Waals surface area (Å²) in [6.07, 6.45) is 1.27. The highest BCUT2D eigenvalue weighted by Gasteiger charge is 2.35. The molecule has 0 aliphatic carbocycles. The van der Waals surface area contributed by atoms with Crippen LogP contribution in [0.25, 0.3) is 11.3 Å². The third-order valence-corrected chi connectivity index (χ3v) is 8.03. The van der Waals surface area contributed by atoms with Gasteiger partial charge in [0.1, 0.15) is 6.61 Å². The molecule has 2 aliphatic rings. The van der Waals surface area contributed by atoms with Gasteiger partial charge >= 0.3 is 12.1 Å². The van der Waals surface area contributed by atoms with E-state index in [9.17, 15) is 22.8 Å². The second-order valence-electron chi connectivity index (χ2n) is 10.8. The molecule has 1 atom stereocenters. The van der Waals surface area contributed by atoms with Crippen LogP contribution in [0.15, 0.2) is 54.9 Å². The number of hydrogen-bond donors (Lipinski definition) is 0. The monoisotopic (exact) mass is 566 g/mol. The highest BCUT2D eigenvalue weighted by molar-refractivity contribution is 5.97. The number of carbonyl (C=O) groups is 2. The third kappa shape index (κ3) is 6.43. The Labute approximate surface area is 237 Å². The van der Waals surface area contributed by atoms with Gasteiger partial charge in [-0.3, -0.25) is 19.7 Å². The third-order valence-electron chi connectivity index (χ3n) is 8.03. The van der Waals surface area contributed by atoms with Gasteiger partial charge in [0.25, 0.3) is 5.91 Å². The second kappa shape index (κ2) is 12.0. The van der Waals surface area contributed by atoms with Crippen molar-refractivity contribution in [2.24, 2.45) is 0 Å². The number of halogens is 3. The average Bonchev–Trinajstić information content (AvgIpc) is 3.44. The Balaban J connectivity index is 1.21. The number of benzene rings is 1. The van der Waals surface area contributed by atoms with E-state index < -0.39 is 11.7 Å². The van der Waals surface area contributed by atoms with Crippen LogP contribution in [0, 0.1) is 13.8 Å². The Morgan fingerprint density at radius 2 is 1.73 bits per heavy atom. The maximum absolute atomic E-state index is 13.5. The summed E-state index contributed by atoms with van der Waals surface area (Å²) in [6.45, 7) is 5.97. The van der Waals surface area contributed by atoms with Crippen molar-refractivity contribution in [3.63, 3.8) is 0 Å². The number of likely N-dealkylation sites (tertiary alicyclic amines) is 2. The summed E-state index contributed by atoms with van der Waals surface area (Å²) < 4.78 is 45.1. The molecule has 0 spiro atoms. The molecule has 1 aromatic carbocycles. The lowest BCUT2D eigenvalue weighted by molar-refractivity contribution is -0.137. The van der Waals surface area contributed by atoms with E-state index in [2.05, 4.69) is 14.9 Å². The zero-order valence-corrected chi connectivity index (χ0v) is 23.2. The fourth-order valence-electron chi connectivity index (χ4n) is 5.94. The normalized spacial score (nSPS) is 18.5. The van der Waals surface area contributed by atoms with Gasteiger partial charge in [-0.1, -0.05) is 18.2 Å². The zero-order chi connectivity index (χ0) is 29.1. The van der Waals surface area contributed by atoms with Crippen LogP contribution >= 0.6 is 0 Å². The highest BCUT2D eigenvalue weighted by Crippen LogP contribution is 2.32. The van der Waals surface area contributed by atoms with Crippen LogP contribution in [0.1, 0.15) is 63.2 Å². The Morgan fingerprint density at radius 3 is 2.41 bits per heavy atom. The van der Waals surface area contributed by atoms with E-state index in [0.717, 1.165) is 44.5 Å². The molecule has 41 heavy (non-hydrogen) atoms. The van der Waals surface area contributed by atoms with Crippen molar-refractivity contribution in [3.8, 4) is 11.3 Å². The maximum Gasteiger partial charge on any atom is 0.417 e. The first-order valence-electron chi connectivity index (χ1n) is 13.9. The zero-order valence-electron chi connectivity index (χ0n) is 23.2. The van der Waals surface area contributed by atoms with Gasteiger partial charge in [0.2, 0.25) is 0 Å². The minimum atomic E-state index is -4.50. The van der Waals surface area contributed by atoms with Gasteiger partial charge < -0.3 is 9.64 Å². The number of piperidine rings is 1. The van der Waals surface area contributed by atoms with E-state index in [4.69, 9.17) is 4.74 Å². The summed E-state index contributed by atoms with van der Waals surface area (Å²) in [6, 6.07) is 12.1. The van der Waals surface area contributed by atoms with Crippen LogP contribution < -0.4 is 0 Å². The van der Waals surface area contributed by atoms with E-state index in [1.165, 1.54) is 6.20 Å². The summed E-state index contributed by atoms with van der Waals surface area (Å²) in [5.41, 5.74) is 1.93. The number of aryl methyl sites for hydroxylation is 2. The van der Waals surface area contributed by atoms with Crippen LogP contribution in [-0.2, 0) is 10.9 Å². The summed E-state index contributed by atoms with van der Waals surface area (Å²) in [5.74, 6) is -0.429. The minimum absolute atomic E-state index is 0.116. The number of esters is 1. The van der Waals surface area contributed by atoms with Crippen molar-refractivity contribution in [2.45, 2.75) is 57.8 Å². The minimum Gasteiger partial charge on any atom is -0.460 e. The lowest BCUT2D eigenvalue weighted by atomic mass is 9.99. The number of hydrogen-bond acceptors (Lipinski definition) is 6. The van der Waals surface area contributed by atoms with Gasteiger partial charge in [0.05, 0.1) is 28.1 Å². The number of amides is 1. The molecule has 4 heterocycles. The lowest BCUT2D eigenvalue weighted by Gasteiger charge is -2.39. The first-order chi connectivity index (χ1) is 19.6. The van der Waals surface area contributed by atoms with E-state index in [0.29, 0.717) is 53.8 Å². The number of pyridine rings is 2. The van der Waals surface area contributed by atoms with Crippen LogP contribution in [-0.4, -0.2) is 70.0 Å². The van der Waals surface area contributed by atoms with Crippen molar-refractivity contribution in [3.05, 3.63) is 82.8 Å². The predicted octanol–water partition coefficient (Wildman–Crippen LogP) is 5.71. The van der Waals surface area contributed by atoms with Gasteiger partial charge in [-0.25, -0.2) is 4.79 Å². The Hall–Kier alpha value is -3.79. The lowest BCUT2D eigenvalue weighted by Crippen LogP contribution is -2.49. The van der Waals surface area contributed by atoms with Crippen molar-refractivity contribution < 1.29 is 27.5 Å². The number of nitrogens with zero attached hydrogens (tertiary/aromatic N) is 4. The molecule has 2 fully saturated rings. The number of alkyl halides is 3. The SMILES string of the molecule is Cc1cc(-c2cncc(C(F)(F)F)c2)nc(C)c1C(=O)N1CCC(N2CCC[C@H]2COC(=O)c2ccccc2)CC1. The molecule has 1 amide bonds. The average molecular weight is 567 g/mol. The first kappa shape index (κ1) is 28.7. The smallest absolute Gasteiger partial charge is 0.417 e. The van der Waals surface area contributed by atoms with E-state index in [-0.39, 0.29) is 23.5 Å². The molecule has 0 unspecified atom stereocenters. The predicted molar refractivity (Wildman–Crippen MR) is 147 cm³/mol. The van der Waals surface area contributed by atoms with E-state index in [1.54, 1.807) is 32.0 Å². The molecule has 2 aromatic heterocycles. The second-order valence-corrected chi connectivity index (χ2v) is 10.8. The van der Waals surface area contributed by atoms with Crippen LogP contribution in [0.4, 0.5) is 13.2 Å². The van der Waals surface area contributed by atoms with Crippen molar-refractivity contribution in [1.29, 1.82) is 0 Å². The first-order valence-corrected chi connectivity index (χ1v) is 13.9. The molecular weight excluding hydrogens is 533 g/mol. The van der Waals surface area contributed by atoms with Gasteiger partial charge in [-0.15, -0.1) is 0 Å². The summed E-state index contributed by atoms with van der Waals surface area (Å²) in [7, 11) is 0. The topological polar surface area (TPSA) is 75.6 Å². The Kier molecular flexibility index (Phi) is 8.40. The van der Waals surface area contributed by atoms with E-state index in [1.807, 2.05) is 23.1 Å². The van der Waals surface area contributed by atoms with Crippen molar-refractivity contribution in [1.82, 2.24) is 19.8 Å². The van der Waals surface area contributed by atoms with Gasteiger partial charge in [0.15, 0.2) is 0 Å². The molecule has 216 valence electrons. The molecule has 0 radical (unpaired) electrons. The Morgan fingerprint density at radius 1 is 1.00 bits per heavy atom. The molecule has 0 bridgehead atoms. The standard InChI is InChI=1S/C31H33F3N4O3/c1-20-15-27(23-16-24(18-35-17-23)31(32,33)34)36-21(2)28(20)29(39)37-13-10-25(11-14-37)38-12-6-9-26(38)19-41-30(40)22-7-4-3-5-8-22/h3-5,7-8,15-18,25-26H,6,9-14,19H2,1-2H3/t26-/m0/s1. The largest absolute Gasteiger partial charge is 0.460 e. The fraction of sp³-hybridized carbons (Fsp3) is 0.419. The number of aromatic nitrogens is 2. The molecule has 0 N–H and O–H groups in total. The van der Waals surface area contributed by atoms with Crippen LogP contribution in [0.2, 0.25) is 0 Å². The Bertz CT molecular complexity index is 1380. The molecule has 2 saturated heterocycles. The fourth-order valence-corrected chi connectivity index (χ4v) is 5.94. The molecule has 0 saturated carbocycles. The summed E-state index contributed by atoms with van der Waals surface area (Å²) >= 11 is 0. The van der Waals surface area contributed by atoms with Crippen LogP contribution in [0.3, 0.4) is 0 Å². The molecule has 3 aromatic rings. The molecular formula is C31H33F3N4O3. The van der Waals surface area contributed by atoms with Gasteiger partial charge in [0, 0.05) is 43.1 Å². The molecule has 10 heteroatoms. The molecule has 5 rings (SSSR count). The summed E-state index contributed by atoms with van der Waals surface area (Å²) in [5, 5.41) is 0. The number of ether oxygens (including phenoxy) is 1. The van der Waals surface area contributed by atoms with Crippen molar-refractivity contribution >= 4 is 11.9 Å².